The molecule has 1 N–H and O–H groups in total. The number of nitrogens with one attached hydrogen (secondary N) is 1. The van der Waals surface area contributed by atoms with Crippen molar-refractivity contribution in [3.8, 4) is 0 Å². The van der Waals surface area contributed by atoms with Crippen molar-refractivity contribution >= 4 is 15.7 Å². The number of hydrogen-bond acceptors (Lipinski definition) is 5. The molecule has 148 valence electrons. The molecule has 1 aromatic heterocycles. The Balaban J connectivity index is 2.25. The van der Waals surface area contributed by atoms with Gasteiger partial charge in [-0.3, -0.25) is 4.79 Å². The molecule has 1 heterocycles. The third-order valence-electron chi connectivity index (χ3n) is 5.21. The van der Waals surface area contributed by atoms with Crippen LogP contribution in [0.4, 0.5) is 0 Å². The van der Waals surface area contributed by atoms with Crippen LogP contribution in [0.5, 0.6) is 0 Å². The molecule has 0 bridgehead atoms. The molecule has 0 radical (unpaired) electrons. The second kappa shape index (κ2) is 8.99. The van der Waals surface area contributed by atoms with Crippen LogP contribution in [0.3, 0.4) is 0 Å². The van der Waals surface area contributed by atoms with Crippen molar-refractivity contribution < 1.29 is 17.9 Å². The van der Waals surface area contributed by atoms with E-state index in [-0.39, 0.29) is 11.2 Å². The minimum Gasteiger partial charge on any atom is -0.385 e. The number of rotatable bonds is 8. The first-order valence-electron chi connectivity index (χ1n) is 9.36. The first kappa shape index (κ1) is 20.9. The Labute approximate surface area is 156 Å². The molecular weight excluding hydrogens is 354 g/mol. The summed E-state index contributed by atoms with van der Waals surface area (Å²) >= 11 is 0. The van der Waals surface area contributed by atoms with Crippen LogP contribution >= 0.6 is 0 Å². The molecule has 26 heavy (non-hydrogen) atoms. The van der Waals surface area contributed by atoms with Crippen molar-refractivity contribution in [2.24, 2.45) is 0 Å². The zero-order chi connectivity index (χ0) is 19.3. The maximum atomic E-state index is 13.1. The van der Waals surface area contributed by atoms with Crippen LogP contribution in [0, 0.1) is 13.8 Å². The highest BCUT2D eigenvalue weighted by atomic mass is 32.2. The van der Waals surface area contributed by atoms with E-state index < -0.39 is 21.0 Å². The number of aromatic nitrogens is 2. The minimum absolute atomic E-state index is 0.0407. The number of ether oxygens (including phenoxy) is 1. The second-order valence-electron chi connectivity index (χ2n) is 7.05. The second-order valence-corrected chi connectivity index (χ2v) is 9.21. The van der Waals surface area contributed by atoms with Crippen LogP contribution in [0.1, 0.15) is 62.9 Å². The third kappa shape index (κ3) is 4.46. The number of carbonyl (C=O) groups is 1. The Hall–Kier alpha value is -1.41. The maximum absolute atomic E-state index is 13.1. The van der Waals surface area contributed by atoms with Gasteiger partial charge in [0.1, 0.15) is 5.25 Å². The van der Waals surface area contributed by atoms with Gasteiger partial charge in [0.2, 0.25) is 20.9 Å². The predicted molar refractivity (Wildman–Crippen MR) is 100.0 cm³/mol. The molecule has 1 fully saturated rings. The summed E-state index contributed by atoms with van der Waals surface area (Å²) in [6.45, 7) is 6.08. The van der Waals surface area contributed by atoms with Gasteiger partial charge in [0, 0.05) is 32.0 Å². The lowest BCUT2D eigenvalue weighted by atomic mass is 9.95. The molecule has 2 rings (SSSR count). The lowest BCUT2D eigenvalue weighted by molar-refractivity contribution is -0.120. The molecule has 1 atom stereocenters. The number of aryl methyl sites for hydroxylation is 1. The molecule has 8 heteroatoms. The van der Waals surface area contributed by atoms with E-state index in [1.807, 2.05) is 18.4 Å². The highest BCUT2D eigenvalue weighted by Gasteiger charge is 2.36. The highest BCUT2D eigenvalue weighted by Crippen LogP contribution is 2.33. The van der Waals surface area contributed by atoms with E-state index in [1.165, 1.54) is 13.3 Å². The van der Waals surface area contributed by atoms with Crippen molar-refractivity contribution in [3.05, 3.63) is 11.4 Å². The molecule has 0 spiro atoms. The summed E-state index contributed by atoms with van der Waals surface area (Å²) in [6, 6.07) is 0.145. The first-order valence-corrected chi connectivity index (χ1v) is 10.9. The van der Waals surface area contributed by atoms with Crippen LogP contribution in [0.15, 0.2) is 5.16 Å². The molecule has 1 amide bonds. The Kier molecular flexibility index (Phi) is 7.23. The van der Waals surface area contributed by atoms with Crippen molar-refractivity contribution in [1.29, 1.82) is 0 Å². The number of hydrogen-bond donors (Lipinski definition) is 1. The largest absolute Gasteiger partial charge is 0.385 e. The van der Waals surface area contributed by atoms with Gasteiger partial charge in [0.25, 0.3) is 0 Å². The smallest absolute Gasteiger partial charge is 0.238 e. The molecule has 1 unspecified atom stereocenters. The van der Waals surface area contributed by atoms with E-state index in [4.69, 9.17) is 4.74 Å². The fourth-order valence-electron chi connectivity index (χ4n) is 3.44. The molecular formula is C18H31N3O4S. The topological polar surface area (TPSA) is 90.3 Å². The summed E-state index contributed by atoms with van der Waals surface area (Å²) in [4.78, 5) is 16.7. The number of carbonyl (C=O) groups excluding carboxylic acids is 1. The van der Waals surface area contributed by atoms with E-state index in [0.29, 0.717) is 25.3 Å². The van der Waals surface area contributed by atoms with Gasteiger partial charge >= 0.3 is 0 Å². The van der Waals surface area contributed by atoms with Crippen LogP contribution < -0.4 is 5.32 Å². The van der Waals surface area contributed by atoms with Gasteiger partial charge in [0.05, 0.1) is 5.69 Å². The van der Waals surface area contributed by atoms with E-state index >= 15 is 0 Å². The monoisotopic (exact) mass is 385 g/mol. The number of imidazole rings is 1. The van der Waals surface area contributed by atoms with Crippen LogP contribution in [-0.4, -0.2) is 49.4 Å². The quantitative estimate of drug-likeness (QED) is 0.694. The minimum atomic E-state index is -3.85. The van der Waals surface area contributed by atoms with Gasteiger partial charge in [-0.15, -0.1) is 0 Å². The average molecular weight is 386 g/mol. The highest BCUT2D eigenvalue weighted by molar-refractivity contribution is 7.92. The van der Waals surface area contributed by atoms with Gasteiger partial charge in [-0.25, -0.2) is 13.4 Å². The van der Waals surface area contributed by atoms with Gasteiger partial charge in [-0.1, -0.05) is 19.3 Å². The van der Waals surface area contributed by atoms with Gasteiger partial charge in [0.15, 0.2) is 0 Å². The van der Waals surface area contributed by atoms with Crippen molar-refractivity contribution in [2.45, 2.75) is 75.7 Å². The number of amides is 1. The lowest BCUT2D eigenvalue weighted by Gasteiger charge is -2.26. The normalized spacial score (nSPS) is 17.2. The Morgan fingerprint density at radius 1 is 1.31 bits per heavy atom. The SMILES string of the molecule is COCCCNC(=O)C(C)S(=O)(=O)c1nc(C)c(C)n1C1CCCCC1. The summed E-state index contributed by atoms with van der Waals surface area (Å²) in [5.74, 6) is -0.491. The van der Waals surface area contributed by atoms with Gasteiger partial charge in [-0.05, 0) is 40.0 Å². The molecule has 7 nitrogen and oxygen atoms in total. The standard InChI is InChI=1S/C18H31N3O4S/c1-13-14(2)21(16-9-6-5-7-10-16)18(20-13)26(23,24)15(3)17(22)19-11-8-12-25-4/h15-16H,5-12H2,1-4H3,(H,19,22). The zero-order valence-electron chi connectivity index (χ0n) is 16.2. The van der Waals surface area contributed by atoms with Gasteiger partial charge < -0.3 is 14.6 Å². The molecule has 0 aromatic carbocycles. The molecule has 1 saturated carbocycles. The Morgan fingerprint density at radius 3 is 2.58 bits per heavy atom. The first-order chi connectivity index (χ1) is 12.3. The van der Waals surface area contributed by atoms with E-state index in [1.54, 1.807) is 7.11 Å². The fraction of sp³-hybridized carbons (Fsp3) is 0.778. The van der Waals surface area contributed by atoms with E-state index in [9.17, 15) is 13.2 Å². The molecule has 1 aliphatic carbocycles. The molecule has 1 aromatic rings. The number of sulfone groups is 1. The number of methoxy groups -OCH3 is 1. The number of nitrogens with zero attached hydrogens (tertiary/aromatic N) is 2. The average Bonchev–Trinajstić information content (AvgIpc) is 2.94. The molecule has 1 aliphatic rings. The van der Waals surface area contributed by atoms with Gasteiger partial charge in [-0.2, -0.15) is 0 Å². The fourth-order valence-corrected chi connectivity index (χ4v) is 4.94. The lowest BCUT2D eigenvalue weighted by Crippen LogP contribution is -2.39. The molecule has 0 saturated heterocycles. The molecule has 0 aliphatic heterocycles. The zero-order valence-corrected chi connectivity index (χ0v) is 17.1. The van der Waals surface area contributed by atoms with Crippen molar-refractivity contribution in [2.75, 3.05) is 20.3 Å². The predicted octanol–water partition coefficient (Wildman–Crippen LogP) is 2.32. The maximum Gasteiger partial charge on any atom is 0.238 e. The van der Waals surface area contributed by atoms with Crippen molar-refractivity contribution in [3.63, 3.8) is 0 Å². The summed E-state index contributed by atoms with van der Waals surface area (Å²) in [6.07, 6.45) is 5.93. The van der Waals surface area contributed by atoms with E-state index in [0.717, 1.165) is 31.4 Å². The summed E-state index contributed by atoms with van der Waals surface area (Å²) in [5, 5.41) is 1.55. The summed E-state index contributed by atoms with van der Waals surface area (Å²) in [5.41, 5.74) is 1.59. The summed E-state index contributed by atoms with van der Waals surface area (Å²) in [7, 11) is -2.27. The van der Waals surface area contributed by atoms with Crippen molar-refractivity contribution in [1.82, 2.24) is 14.9 Å². The Morgan fingerprint density at radius 2 is 1.96 bits per heavy atom. The van der Waals surface area contributed by atoms with Crippen LogP contribution in [-0.2, 0) is 19.4 Å². The third-order valence-corrected chi connectivity index (χ3v) is 7.15. The summed E-state index contributed by atoms with van der Waals surface area (Å²) < 4.78 is 33.0. The van der Waals surface area contributed by atoms with E-state index in [2.05, 4.69) is 10.3 Å². The van der Waals surface area contributed by atoms with Crippen LogP contribution in [0.25, 0.3) is 0 Å². The van der Waals surface area contributed by atoms with Crippen LogP contribution in [0.2, 0.25) is 0 Å². The Bertz CT molecular complexity index is 721.